The second-order valence-corrected chi connectivity index (χ2v) is 10.1. The number of likely N-dealkylation sites (tertiary alicyclic amines) is 1. The fraction of sp³-hybridized carbons (Fsp3) is 0.458. The monoisotopic (exact) mass is 446 g/mol. The SMILES string of the molecule is O=C(c1cccc(C(Cl)Cl)c1)N1CC2(CCN(CC3CC3)CC2)c2cc(F)ccc21. The van der Waals surface area contributed by atoms with Crippen molar-refractivity contribution in [2.75, 3.05) is 31.1 Å². The molecular weight excluding hydrogens is 422 g/mol. The molecule has 5 rings (SSSR count). The Labute approximate surface area is 186 Å². The zero-order valence-corrected chi connectivity index (χ0v) is 18.3. The fourth-order valence-electron chi connectivity index (χ4n) is 5.04. The second-order valence-electron chi connectivity index (χ2n) is 9.00. The van der Waals surface area contributed by atoms with E-state index in [0.717, 1.165) is 43.1 Å². The highest BCUT2D eigenvalue weighted by Crippen LogP contribution is 2.48. The molecule has 0 N–H and O–H groups in total. The molecule has 0 aromatic heterocycles. The Kier molecular flexibility index (Phi) is 5.29. The summed E-state index contributed by atoms with van der Waals surface area (Å²) < 4.78 is 14.2. The first-order valence-corrected chi connectivity index (χ1v) is 11.5. The van der Waals surface area contributed by atoms with Gasteiger partial charge in [-0.2, -0.15) is 0 Å². The van der Waals surface area contributed by atoms with E-state index in [2.05, 4.69) is 4.90 Å². The first kappa shape index (κ1) is 20.3. The van der Waals surface area contributed by atoms with Crippen LogP contribution in [0.25, 0.3) is 0 Å². The van der Waals surface area contributed by atoms with Crippen LogP contribution in [-0.4, -0.2) is 37.0 Å². The molecule has 30 heavy (non-hydrogen) atoms. The summed E-state index contributed by atoms with van der Waals surface area (Å²) >= 11 is 12.0. The van der Waals surface area contributed by atoms with Crippen molar-refractivity contribution in [2.24, 2.45) is 5.92 Å². The first-order chi connectivity index (χ1) is 14.4. The molecule has 3 nitrogen and oxygen atoms in total. The van der Waals surface area contributed by atoms with Crippen molar-refractivity contribution in [3.05, 3.63) is 65.0 Å². The lowest BCUT2D eigenvalue weighted by Crippen LogP contribution is -2.46. The molecule has 2 aromatic carbocycles. The number of fused-ring (bicyclic) bond motifs is 2. The van der Waals surface area contributed by atoms with E-state index >= 15 is 0 Å². The summed E-state index contributed by atoms with van der Waals surface area (Å²) in [6.45, 7) is 3.78. The Balaban J connectivity index is 1.43. The molecule has 1 saturated heterocycles. The Hall–Kier alpha value is -1.62. The van der Waals surface area contributed by atoms with E-state index in [0.29, 0.717) is 17.7 Å². The number of hydrogen-bond acceptors (Lipinski definition) is 2. The molecule has 1 saturated carbocycles. The number of carbonyl (C=O) groups is 1. The minimum absolute atomic E-state index is 0.0871. The molecule has 0 atom stereocenters. The summed E-state index contributed by atoms with van der Waals surface area (Å²) in [4.78, 5) is 17.1. The summed E-state index contributed by atoms with van der Waals surface area (Å²) in [5, 5.41) is 0. The number of halogens is 3. The lowest BCUT2D eigenvalue weighted by Gasteiger charge is -2.40. The third kappa shape index (κ3) is 3.74. The molecule has 2 aliphatic heterocycles. The number of alkyl halides is 2. The summed E-state index contributed by atoms with van der Waals surface area (Å²) in [7, 11) is 0. The molecule has 2 heterocycles. The number of piperidine rings is 1. The molecule has 0 unspecified atom stereocenters. The first-order valence-electron chi connectivity index (χ1n) is 10.7. The summed E-state index contributed by atoms with van der Waals surface area (Å²) in [6.07, 6.45) is 4.60. The van der Waals surface area contributed by atoms with Crippen LogP contribution >= 0.6 is 23.2 Å². The van der Waals surface area contributed by atoms with Gasteiger partial charge >= 0.3 is 0 Å². The fourth-order valence-corrected chi connectivity index (χ4v) is 5.31. The van der Waals surface area contributed by atoms with E-state index in [1.54, 1.807) is 30.3 Å². The Morgan fingerprint density at radius 3 is 2.60 bits per heavy atom. The van der Waals surface area contributed by atoms with Gasteiger partial charge in [0, 0.05) is 29.8 Å². The maximum absolute atomic E-state index is 14.2. The van der Waals surface area contributed by atoms with Crippen molar-refractivity contribution < 1.29 is 9.18 Å². The zero-order valence-electron chi connectivity index (χ0n) is 16.8. The Morgan fingerprint density at radius 1 is 1.13 bits per heavy atom. The number of nitrogens with zero attached hydrogens (tertiary/aromatic N) is 2. The van der Waals surface area contributed by atoms with Gasteiger partial charge in [-0.25, -0.2) is 4.39 Å². The lowest BCUT2D eigenvalue weighted by atomic mass is 9.74. The third-order valence-corrected chi connectivity index (χ3v) is 7.44. The van der Waals surface area contributed by atoms with Crippen molar-refractivity contribution in [1.82, 2.24) is 4.90 Å². The van der Waals surface area contributed by atoms with Crippen molar-refractivity contribution in [3.63, 3.8) is 0 Å². The maximum atomic E-state index is 14.2. The van der Waals surface area contributed by atoms with Crippen LogP contribution in [0.5, 0.6) is 0 Å². The van der Waals surface area contributed by atoms with Gasteiger partial charge in [0.1, 0.15) is 10.7 Å². The summed E-state index contributed by atoms with van der Waals surface area (Å²) in [5.41, 5.74) is 2.89. The van der Waals surface area contributed by atoms with Crippen molar-refractivity contribution in [3.8, 4) is 0 Å². The van der Waals surface area contributed by atoms with Gasteiger partial charge in [0.15, 0.2) is 0 Å². The summed E-state index contributed by atoms with van der Waals surface area (Å²) in [6, 6.07) is 12.0. The topological polar surface area (TPSA) is 23.6 Å². The quantitative estimate of drug-likeness (QED) is 0.561. The molecule has 158 valence electrons. The molecule has 2 fully saturated rings. The van der Waals surface area contributed by atoms with Crippen LogP contribution < -0.4 is 4.90 Å². The van der Waals surface area contributed by atoms with Crippen LogP contribution in [0, 0.1) is 11.7 Å². The van der Waals surface area contributed by atoms with E-state index in [-0.39, 0.29) is 17.1 Å². The predicted octanol–water partition coefficient (Wildman–Crippen LogP) is 5.71. The average molecular weight is 447 g/mol. The molecule has 6 heteroatoms. The van der Waals surface area contributed by atoms with Gasteiger partial charge in [-0.05, 0) is 86.1 Å². The molecule has 1 amide bonds. The summed E-state index contributed by atoms with van der Waals surface area (Å²) in [5.74, 6) is 0.540. The molecule has 1 spiro atoms. The minimum Gasteiger partial charge on any atom is -0.307 e. The van der Waals surface area contributed by atoms with Gasteiger partial charge in [0.05, 0.1) is 0 Å². The highest BCUT2D eigenvalue weighted by Gasteiger charge is 2.47. The van der Waals surface area contributed by atoms with Crippen LogP contribution in [0.1, 0.15) is 52.0 Å². The van der Waals surface area contributed by atoms with E-state index < -0.39 is 4.84 Å². The normalized spacial score (nSPS) is 20.7. The van der Waals surface area contributed by atoms with Crippen molar-refractivity contribution >= 4 is 34.8 Å². The molecule has 1 aliphatic carbocycles. The number of carbonyl (C=O) groups excluding carboxylic acids is 1. The van der Waals surface area contributed by atoms with Crippen LogP contribution in [0.3, 0.4) is 0 Å². The molecular formula is C24H25Cl2FN2O. The molecule has 0 radical (unpaired) electrons. The lowest BCUT2D eigenvalue weighted by molar-refractivity contribution is 0.0975. The van der Waals surface area contributed by atoms with E-state index in [9.17, 15) is 9.18 Å². The van der Waals surface area contributed by atoms with Gasteiger partial charge in [-0.15, -0.1) is 23.2 Å². The Bertz CT molecular complexity index is 967. The van der Waals surface area contributed by atoms with E-state index in [1.165, 1.54) is 25.5 Å². The number of hydrogen-bond donors (Lipinski definition) is 0. The van der Waals surface area contributed by atoms with Gasteiger partial charge in [-0.3, -0.25) is 4.79 Å². The highest BCUT2D eigenvalue weighted by atomic mass is 35.5. The predicted molar refractivity (Wildman–Crippen MR) is 119 cm³/mol. The van der Waals surface area contributed by atoms with Gasteiger partial charge < -0.3 is 9.80 Å². The standard InChI is InChI=1S/C24H25Cl2FN2O/c25-22(26)17-2-1-3-18(12-17)23(30)29-15-24(20-13-19(27)6-7-21(20)29)8-10-28(11-9-24)14-16-4-5-16/h1-3,6-7,12-13,16,22H,4-5,8-11,14-15H2. The second kappa shape index (κ2) is 7.81. The third-order valence-electron chi connectivity index (χ3n) is 6.94. The van der Waals surface area contributed by atoms with Gasteiger partial charge in [0.25, 0.3) is 5.91 Å². The van der Waals surface area contributed by atoms with Crippen molar-refractivity contribution in [2.45, 2.75) is 35.9 Å². The van der Waals surface area contributed by atoms with Crippen LogP contribution in [0.15, 0.2) is 42.5 Å². The highest BCUT2D eigenvalue weighted by molar-refractivity contribution is 6.44. The molecule has 3 aliphatic rings. The smallest absolute Gasteiger partial charge is 0.258 e. The van der Waals surface area contributed by atoms with E-state index in [1.807, 2.05) is 11.0 Å². The molecule has 0 bridgehead atoms. The molecule has 2 aromatic rings. The largest absolute Gasteiger partial charge is 0.307 e. The zero-order chi connectivity index (χ0) is 20.9. The van der Waals surface area contributed by atoms with Crippen LogP contribution in [0.2, 0.25) is 0 Å². The average Bonchev–Trinajstić information content (AvgIpc) is 3.52. The van der Waals surface area contributed by atoms with Gasteiger partial charge in [0.2, 0.25) is 0 Å². The number of rotatable bonds is 4. The minimum atomic E-state index is -0.681. The number of benzene rings is 2. The number of anilines is 1. The van der Waals surface area contributed by atoms with Crippen molar-refractivity contribution in [1.29, 1.82) is 0 Å². The van der Waals surface area contributed by atoms with Crippen LogP contribution in [-0.2, 0) is 5.41 Å². The number of amides is 1. The van der Waals surface area contributed by atoms with E-state index in [4.69, 9.17) is 23.2 Å². The van der Waals surface area contributed by atoms with Gasteiger partial charge in [-0.1, -0.05) is 12.1 Å². The Morgan fingerprint density at radius 2 is 1.90 bits per heavy atom. The maximum Gasteiger partial charge on any atom is 0.258 e. The van der Waals surface area contributed by atoms with Crippen LogP contribution in [0.4, 0.5) is 10.1 Å².